The summed E-state index contributed by atoms with van der Waals surface area (Å²) in [6.45, 7) is 2.74. The van der Waals surface area contributed by atoms with E-state index in [4.69, 9.17) is 5.73 Å². The molecule has 108 valence electrons. The number of hydrogen-bond donors (Lipinski definition) is 1. The van der Waals surface area contributed by atoms with Gasteiger partial charge in [-0.25, -0.2) is 9.97 Å². The van der Waals surface area contributed by atoms with Crippen LogP contribution >= 0.6 is 23.1 Å². The Hall–Kier alpha value is -1.86. The van der Waals surface area contributed by atoms with Gasteiger partial charge in [0.05, 0.1) is 10.2 Å². The average Bonchev–Trinajstić information content (AvgIpc) is 2.85. The van der Waals surface area contributed by atoms with Crippen molar-refractivity contribution in [2.45, 2.75) is 29.3 Å². The first-order valence-electron chi connectivity index (χ1n) is 6.56. The predicted molar refractivity (Wildman–Crippen MR) is 86.9 cm³/mol. The molecule has 0 saturated carbocycles. The van der Waals surface area contributed by atoms with Crippen LogP contribution in [0.3, 0.4) is 0 Å². The number of aryl methyl sites for hydroxylation is 1. The fourth-order valence-corrected chi connectivity index (χ4v) is 4.01. The highest BCUT2D eigenvalue weighted by atomic mass is 32.2. The molecule has 5 nitrogen and oxygen atoms in total. The number of rotatable bonds is 4. The average molecular weight is 318 g/mol. The third-order valence-corrected chi connectivity index (χ3v) is 4.98. The lowest BCUT2D eigenvalue weighted by atomic mass is 10.3. The van der Waals surface area contributed by atoms with Crippen molar-refractivity contribution in [2.24, 2.45) is 0 Å². The summed E-state index contributed by atoms with van der Waals surface area (Å²) in [5.41, 5.74) is 7.31. The molecule has 1 aromatic carbocycles. The molecule has 0 saturated heterocycles. The minimum atomic E-state index is -0.0666. The number of aromatic nitrogens is 3. The lowest BCUT2D eigenvalue weighted by Gasteiger charge is -2.03. The molecular formula is C14H14N4OS2. The predicted octanol–water partition coefficient (Wildman–Crippen LogP) is 3.00. The topological polar surface area (TPSA) is 73.8 Å². The van der Waals surface area contributed by atoms with Crippen LogP contribution in [0.4, 0.5) is 5.69 Å². The van der Waals surface area contributed by atoms with Gasteiger partial charge in [-0.1, -0.05) is 6.92 Å². The molecule has 0 radical (unpaired) electrons. The van der Waals surface area contributed by atoms with E-state index in [9.17, 15) is 4.79 Å². The standard InChI is InChI=1S/C14H14N4OS2/c1-2-6-18-7-5-16-12(13(18)19)21-14-17-10-4-3-9(15)8-11(10)20-14/h3-5,7-8H,2,6,15H2,1H3. The largest absolute Gasteiger partial charge is 0.399 e. The fourth-order valence-electron chi connectivity index (χ4n) is 1.96. The maximum Gasteiger partial charge on any atom is 0.283 e. The normalized spacial score (nSPS) is 11.1. The second-order valence-corrected chi connectivity index (χ2v) is 6.81. The zero-order chi connectivity index (χ0) is 14.8. The van der Waals surface area contributed by atoms with Gasteiger partial charge in [-0.2, -0.15) is 0 Å². The van der Waals surface area contributed by atoms with Crippen molar-refractivity contribution in [3.8, 4) is 0 Å². The minimum absolute atomic E-state index is 0.0666. The Bertz CT molecular complexity index is 840. The van der Waals surface area contributed by atoms with Crippen LogP contribution in [0, 0.1) is 0 Å². The van der Waals surface area contributed by atoms with E-state index in [1.54, 1.807) is 17.0 Å². The number of nitrogens with zero attached hydrogens (tertiary/aromatic N) is 3. The maximum atomic E-state index is 12.3. The Balaban J connectivity index is 1.95. The summed E-state index contributed by atoms with van der Waals surface area (Å²) in [5, 5.41) is 0.456. The van der Waals surface area contributed by atoms with Gasteiger partial charge < -0.3 is 10.3 Å². The van der Waals surface area contributed by atoms with E-state index in [-0.39, 0.29) is 5.56 Å². The van der Waals surface area contributed by atoms with Crippen molar-refractivity contribution in [3.63, 3.8) is 0 Å². The Morgan fingerprint density at radius 3 is 3.10 bits per heavy atom. The van der Waals surface area contributed by atoms with Crippen molar-refractivity contribution in [2.75, 3.05) is 5.73 Å². The number of benzene rings is 1. The van der Waals surface area contributed by atoms with Gasteiger partial charge in [-0.3, -0.25) is 4.79 Å². The molecule has 0 atom stereocenters. The van der Waals surface area contributed by atoms with Crippen LogP contribution in [-0.4, -0.2) is 14.5 Å². The second-order valence-electron chi connectivity index (χ2n) is 4.54. The Kier molecular flexibility index (Phi) is 3.94. The molecule has 0 aliphatic heterocycles. The van der Waals surface area contributed by atoms with Gasteiger partial charge >= 0.3 is 0 Å². The van der Waals surface area contributed by atoms with E-state index >= 15 is 0 Å². The van der Waals surface area contributed by atoms with Crippen molar-refractivity contribution < 1.29 is 0 Å². The summed E-state index contributed by atoms with van der Waals surface area (Å²) >= 11 is 2.83. The summed E-state index contributed by atoms with van der Waals surface area (Å²) in [7, 11) is 0. The first-order valence-corrected chi connectivity index (χ1v) is 8.20. The van der Waals surface area contributed by atoms with Gasteiger partial charge in [0.1, 0.15) is 0 Å². The van der Waals surface area contributed by atoms with Gasteiger partial charge in [0, 0.05) is 24.6 Å². The molecule has 2 N–H and O–H groups in total. The number of nitrogens with two attached hydrogens (primary N) is 1. The third-order valence-electron chi connectivity index (χ3n) is 2.92. The molecule has 0 bridgehead atoms. The first-order chi connectivity index (χ1) is 10.2. The summed E-state index contributed by atoms with van der Waals surface area (Å²) in [6, 6.07) is 5.61. The molecule has 2 heterocycles. The number of hydrogen-bond acceptors (Lipinski definition) is 6. The molecule has 2 aromatic heterocycles. The molecule has 0 spiro atoms. The monoisotopic (exact) mass is 318 g/mol. The van der Waals surface area contributed by atoms with Crippen LogP contribution in [0.5, 0.6) is 0 Å². The third kappa shape index (κ3) is 2.93. The zero-order valence-electron chi connectivity index (χ0n) is 11.4. The SMILES string of the molecule is CCCn1ccnc(Sc2nc3ccc(N)cc3s2)c1=O. The Morgan fingerprint density at radius 2 is 2.29 bits per heavy atom. The molecule has 0 aliphatic carbocycles. The molecule has 3 aromatic rings. The lowest BCUT2D eigenvalue weighted by molar-refractivity contribution is 0.632. The molecule has 0 amide bonds. The van der Waals surface area contributed by atoms with Crippen LogP contribution < -0.4 is 11.3 Å². The highest BCUT2D eigenvalue weighted by Gasteiger charge is 2.11. The van der Waals surface area contributed by atoms with Crippen molar-refractivity contribution >= 4 is 39.0 Å². The van der Waals surface area contributed by atoms with E-state index in [0.717, 1.165) is 21.0 Å². The van der Waals surface area contributed by atoms with Crippen molar-refractivity contribution in [1.82, 2.24) is 14.5 Å². The van der Waals surface area contributed by atoms with Crippen LogP contribution in [0.2, 0.25) is 0 Å². The fraction of sp³-hybridized carbons (Fsp3) is 0.214. The zero-order valence-corrected chi connectivity index (χ0v) is 13.1. The summed E-state index contributed by atoms with van der Waals surface area (Å²) in [4.78, 5) is 20.9. The van der Waals surface area contributed by atoms with Crippen LogP contribution in [0.1, 0.15) is 13.3 Å². The van der Waals surface area contributed by atoms with Gasteiger partial charge in [0.15, 0.2) is 9.37 Å². The molecular weight excluding hydrogens is 304 g/mol. The summed E-state index contributed by atoms with van der Waals surface area (Å²) in [6.07, 6.45) is 4.29. The number of nitrogen functional groups attached to an aromatic ring is 1. The summed E-state index contributed by atoms with van der Waals surface area (Å²) in [5.74, 6) is 0. The van der Waals surface area contributed by atoms with Gasteiger partial charge in [-0.15, -0.1) is 11.3 Å². The minimum Gasteiger partial charge on any atom is -0.399 e. The maximum absolute atomic E-state index is 12.3. The van der Waals surface area contributed by atoms with E-state index in [1.165, 1.54) is 23.1 Å². The number of anilines is 1. The Labute approximate surface area is 129 Å². The number of fused-ring (bicyclic) bond motifs is 1. The summed E-state index contributed by atoms with van der Waals surface area (Å²) < 4.78 is 3.50. The molecule has 0 fully saturated rings. The lowest BCUT2D eigenvalue weighted by Crippen LogP contribution is -2.21. The molecule has 21 heavy (non-hydrogen) atoms. The highest BCUT2D eigenvalue weighted by molar-refractivity contribution is 8.01. The van der Waals surface area contributed by atoms with Crippen molar-refractivity contribution in [3.05, 3.63) is 40.9 Å². The molecule has 7 heteroatoms. The van der Waals surface area contributed by atoms with E-state index in [0.29, 0.717) is 17.3 Å². The smallest absolute Gasteiger partial charge is 0.283 e. The number of thiazole rings is 1. The van der Waals surface area contributed by atoms with Gasteiger partial charge in [0.25, 0.3) is 5.56 Å². The quantitative estimate of drug-likeness (QED) is 0.749. The van der Waals surface area contributed by atoms with Gasteiger partial charge in [-0.05, 0) is 36.4 Å². The molecule has 0 unspecified atom stereocenters. The molecule has 3 rings (SSSR count). The van der Waals surface area contributed by atoms with Crippen LogP contribution in [0.15, 0.2) is 44.8 Å². The Morgan fingerprint density at radius 1 is 1.43 bits per heavy atom. The van der Waals surface area contributed by atoms with Crippen LogP contribution in [0.25, 0.3) is 10.2 Å². The second kappa shape index (κ2) is 5.87. The van der Waals surface area contributed by atoms with Crippen molar-refractivity contribution in [1.29, 1.82) is 0 Å². The first kappa shape index (κ1) is 14.1. The highest BCUT2D eigenvalue weighted by Crippen LogP contribution is 2.32. The van der Waals surface area contributed by atoms with Crippen LogP contribution in [-0.2, 0) is 6.54 Å². The molecule has 0 aliphatic rings. The van der Waals surface area contributed by atoms with E-state index < -0.39 is 0 Å². The van der Waals surface area contributed by atoms with E-state index in [2.05, 4.69) is 9.97 Å². The van der Waals surface area contributed by atoms with E-state index in [1.807, 2.05) is 25.1 Å². The van der Waals surface area contributed by atoms with Gasteiger partial charge in [0.2, 0.25) is 0 Å².